The lowest BCUT2D eigenvalue weighted by molar-refractivity contribution is -0.251. The zero-order valence-electron chi connectivity index (χ0n) is 33.3. The lowest BCUT2D eigenvalue weighted by atomic mass is 9.98. The molecule has 60 heavy (non-hydrogen) atoms. The summed E-state index contributed by atoms with van der Waals surface area (Å²) in [5.41, 5.74) is 22.3. The summed E-state index contributed by atoms with van der Waals surface area (Å²) in [5, 5.41) is 24.9. The zero-order valence-corrected chi connectivity index (χ0v) is 33.3. The molecule has 3 aromatic carbocycles. The highest BCUT2D eigenvalue weighted by Crippen LogP contribution is 2.44. The van der Waals surface area contributed by atoms with Crippen LogP contribution in [0.3, 0.4) is 0 Å². The first-order valence-electron chi connectivity index (χ1n) is 20.1. The van der Waals surface area contributed by atoms with E-state index < -0.39 is 65.8 Å². The summed E-state index contributed by atoms with van der Waals surface area (Å²) >= 11 is 0. The van der Waals surface area contributed by atoms with E-state index in [4.69, 9.17) is 21.9 Å². The van der Waals surface area contributed by atoms with Crippen LogP contribution in [0.5, 0.6) is 0 Å². The summed E-state index contributed by atoms with van der Waals surface area (Å²) < 4.78 is 5.68. The van der Waals surface area contributed by atoms with Gasteiger partial charge < -0.3 is 53.3 Å². The fraction of sp³-hybridized carbons (Fsp3) is 0.372. The first kappa shape index (κ1) is 42.7. The molecule has 0 spiro atoms. The number of primary amides is 1. The van der Waals surface area contributed by atoms with E-state index in [1.54, 1.807) is 6.20 Å². The molecule has 1 aliphatic carbocycles. The van der Waals surface area contributed by atoms with Gasteiger partial charge in [0.2, 0.25) is 29.5 Å². The maximum absolute atomic E-state index is 14.1. The highest BCUT2D eigenvalue weighted by molar-refractivity contribution is 5.96. The van der Waals surface area contributed by atoms with E-state index in [1.807, 2.05) is 72.8 Å². The summed E-state index contributed by atoms with van der Waals surface area (Å²) in [4.78, 5) is 79.2. The molecule has 2 heterocycles. The first-order valence-corrected chi connectivity index (χ1v) is 20.1. The Morgan fingerprint density at radius 1 is 0.783 bits per heavy atom. The Labute approximate surface area is 347 Å². The van der Waals surface area contributed by atoms with Gasteiger partial charge in [-0.05, 0) is 66.5 Å². The Hall–Kier alpha value is -6.91. The normalized spacial score (nSPS) is 22.0. The van der Waals surface area contributed by atoms with E-state index in [2.05, 4.69) is 36.2 Å². The van der Waals surface area contributed by atoms with Crippen LogP contribution >= 0.6 is 0 Å². The van der Waals surface area contributed by atoms with Crippen molar-refractivity contribution in [3.63, 3.8) is 0 Å². The van der Waals surface area contributed by atoms with E-state index in [0.29, 0.717) is 12.0 Å². The molecule has 1 aromatic heterocycles. The molecule has 17 heteroatoms. The fourth-order valence-electron chi connectivity index (χ4n) is 7.70. The largest absolute Gasteiger partial charge is 0.599 e. The minimum Gasteiger partial charge on any atom is -0.599 e. The summed E-state index contributed by atoms with van der Waals surface area (Å²) in [7, 11) is 0. The number of rotatable bonds is 10. The number of aliphatic imine (C=N–C) groups is 2. The lowest BCUT2D eigenvalue weighted by Gasteiger charge is -2.25. The Morgan fingerprint density at radius 3 is 2.12 bits per heavy atom. The number of benzene rings is 3. The molecule has 1 saturated heterocycles. The number of nitrogens with one attached hydrogen (secondary N) is 5. The predicted octanol–water partition coefficient (Wildman–Crippen LogP) is 0.696. The molecule has 1 aliphatic heterocycles. The maximum Gasteiger partial charge on any atom is 0.245 e. The van der Waals surface area contributed by atoms with Crippen LogP contribution in [-0.4, -0.2) is 89.9 Å². The molecule has 316 valence electrons. The number of ether oxygens (including phenoxy) is 1. The number of H-pyrrole nitrogens is 1. The number of guanidine groups is 1. The van der Waals surface area contributed by atoms with Crippen molar-refractivity contribution in [3.8, 4) is 11.1 Å². The SMILES string of the molecule is C[C@@H]1NC(=O)[C@@H](N=C([O-])OCC2c3ccccc3-c3ccccc32)CCCC[C@@H](C(N)=O)NC(=O)[C@H](CCCN=C(N)N)NC(=O)[C@H](Cc2c[nH]c3ccccc23)NC1=O. The smallest absolute Gasteiger partial charge is 0.245 e. The van der Waals surface area contributed by atoms with Crippen molar-refractivity contribution in [2.24, 2.45) is 27.2 Å². The van der Waals surface area contributed by atoms with Gasteiger partial charge in [-0.1, -0.05) is 79.6 Å². The lowest BCUT2D eigenvalue weighted by Crippen LogP contribution is -2.58. The van der Waals surface area contributed by atoms with Gasteiger partial charge >= 0.3 is 0 Å². The van der Waals surface area contributed by atoms with Crippen molar-refractivity contribution in [1.29, 1.82) is 0 Å². The van der Waals surface area contributed by atoms with Crippen molar-refractivity contribution in [2.45, 2.75) is 88.0 Å². The van der Waals surface area contributed by atoms with E-state index in [1.165, 1.54) is 6.92 Å². The third kappa shape index (κ3) is 10.6. The Kier molecular flexibility index (Phi) is 14.0. The van der Waals surface area contributed by atoms with Crippen LogP contribution in [0.25, 0.3) is 22.0 Å². The van der Waals surface area contributed by atoms with Gasteiger partial charge in [-0.15, -0.1) is 0 Å². The van der Waals surface area contributed by atoms with Gasteiger partial charge in [0.1, 0.15) is 36.3 Å². The van der Waals surface area contributed by atoms with Crippen LogP contribution in [0.1, 0.15) is 68.1 Å². The predicted molar refractivity (Wildman–Crippen MR) is 224 cm³/mol. The number of hydrogen-bond donors (Lipinski definition) is 8. The minimum absolute atomic E-state index is 0.00818. The molecular weight excluding hydrogens is 769 g/mol. The Morgan fingerprint density at radius 2 is 1.42 bits per heavy atom. The van der Waals surface area contributed by atoms with E-state index in [9.17, 15) is 29.1 Å². The molecule has 0 bridgehead atoms. The molecule has 4 aromatic rings. The Balaban J connectivity index is 1.24. The fourth-order valence-corrected chi connectivity index (χ4v) is 7.70. The third-order valence-corrected chi connectivity index (χ3v) is 10.8. The number of nitrogens with two attached hydrogens (primary N) is 3. The number of para-hydroxylation sites is 1. The van der Waals surface area contributed by atoms with Gasteiger partial charge in [-0.25, -0.2) is 0 Å². The summed E-state index contributed by atoms with van der Waals surface area (Å²) in [6, 6.07) is 17.2. The molecule has 5 atom stereocenters. The van der Waals surface area contributed by atoms with Gasteiger partial charge in [-0.3, -0.25) is 34.0 Å². The molecule has 5 amide bonds. The molecule has 17 nitrogen and oxygen atoms in total. The van der Waals surface area contributed by atoms with Gasteiger partial charge in [-0.2, -0.15) is 0 Å². The number of hydrogen-bond acceptors (Lipinski definition) is 9. The average Bonchev–Trinajstić information content (AvgIpc) is 3.79. The number of fused-ring (bicyclic) bond motifs is 4. The van der Waals surface area contributed by atoms with Crippen LogP contribution < -0.4 is 43.6 Å². The number of aromatic amines is 1. The molecule has 11 N–H and O–H groups in total. The number of nitrogens with zero attached hydrogens (tertiary/aromatic N) is 2. The number of amides is 5. The van der Waals surface area contributed by atoms with Crippen LogP contribution in [0.4, 0.5) is 0 Å². The quantitative estimate of drug-likeness (QED) is 0.0634. The highest BCUT2D eigenvalue weighted by Gasteiger charge is 2.32. The van der Waals surface area contributed by atoms with E-state index >= 15 is 0 Å². The molecule has 1 fully saturated rings. The minimum atomic E-state index is -1.27. The number of aromatic nitrogens is 1. The second-order valence-corrected chi connectivity index (χ2v) is 15.1. The molecule has 0 radical (unpaired) electrons. The summed E-state index contributed by atoms with van der Waals surface area (Å²) in [6.45, 7) is 1.60. The van der Waals surface area contributed by atoms with Crippen LogP contribution in [0.15, 0.2) is 89.0 Å². The molecule has 0 saturated carbocycles. The first-order chi connectivity index (χ1) is 28.9. The molecule has 6 rings (SSSR count). The van der Waals surface area contributed by atoms with E-state index in [0.717, 1.165) is 33.2 Å². The van der Waals surface area contributed by atoms with Gasteiger partial charge in [0.25, 0.3) is 0 Å². The van der Waals surface area contributed by atoms with Crippen molar-refractivity contribution in [1.82, 2.24) is 26.3 Å². The standard InChI is InChI=1S/C43H52N10O7/c1-24-38(55)52-36(21-25-22-48-32-16-7-6-11-26(25)32)41(58)51-34(19-10-20-47-42(45)46)40(57)50-33(37(44)54)17-8-9-18-35(39(56)49-24)53-43(59)60-23-31-29-14-4-2-12-27(29)28-13-3-5-15-30(28)31/h2-7,11-16,22,24,31,33-36,48H,8-10,17-21,23H2,1H3,(H2,44,54)(H,49,56)(H,50,57)(H,51,58)(H,52,55)(H,53,59)(H4,45,46,47)/p-1/t24-,33-,34-,35-,36-/m0/s1. The summed E-state index contributed by atoms with van der Waals surface area (Å²) in [5.74, 6) is -3.96. The Bertz CT molecular complexity index is 2220. The van der Waals surface area contributed by atoms with Gasteiger partial charge in [0.15, 0.2) is 5.96 Å². The average molecular weight is 820 g/mol. The van der Waals surface area contributed by atoms with Crippen molar-refractivity contribution in [2.75, 3.05) is 13.2 Å². The topological polar surface area (TPSA) is 284 Å². The molecule has 0 unspecified atom stereocenters. The number of carbonyl (C=O) groups is 5. The van der Waals surface area contributed by atoms with Crippen LogP contribution in [0.2, 0.25) is 0 Å². The third-order valence-electron chi connectivity index (χ3n) is 10.8. The van der Waals surface area contributed by atoms with Crippen molar-refractivity contribution < 1.29 is 33.8 Å². The zero-order chi connectivity index (χ0) is 42.8. The maximum atomic E-state index is 14.1. The monoisotopic (exact) mass is 819 g/mol. The molecule has 2 aliphatic rings. The van der Waals surface area contributed by atoms with Crippen LogP contribution in [0, 0.1) is 0 Å². The van der Waals surface area contributed by atoms with Crippen molar-refractivity contribution >= 4 is 52.5 Å². The van der Waals surface area contributed by atoms with Crippen molar-refractivity contribution in [3.05, 3.63) is 95.7 Å². The van der Waals surface area contributed by atoms with Gasteiger partial charge in [0, 0.05) is 42.6 Å². The summed E-state index contributed by atoms with van der Waals surface area (Å²) in [6.07, 6.45) is 1.86. The molecular formula is C43H51N10O7-. The number of carbonyl (C=O) groups excluding carboxylic acids is 5. The second kappa shape index (κ2) is 19.7. The van der Waals surface area contributed by atoms with Gasteiger partial charge in [0.05, 0.1) is 0 Å². The van der Waals surface area contributed by atoms with E-state index in [-0.39, 0.29) is 63.6 Å². The highest BCUT2D eigenvalue weighted by atomic mass is 16.6. The second-order valence-electron chi connectivity index (χ2n) is 15.1. The van der Waals surface area contributed by atoms with Crippen LogP contribution in [-0.2, 0) is 35.1 Å².